The number of aromatic nitrogens is 1. The molecule has 2 rings (SSSR count). The summed E-state index contributed by atoms with van der Waals surface area (Å²) in [5.74, 6) is -0.124. The van der Waals surface area contributed by atoms with E-state index in [9.17, 15) is 4.79 Å². The Balaban J connectivity index is 2.27. The molecule has 0 bridgehead atoms. The number of amides is 1. The van der Waals surface area contributed by atoms with E-state index in [0.29, 0.717) is 22.8 Å². The third kappa shape index (κ3) is 3.73. The van der Waals surface area contributed by atoms with Crippen LogP contribution >= 0.6 is 11.6 Å². The van der Waals surface area contributed by atoms with Crippen LogP contribution in [0, 0.1) is 0 Å². The number of nitrogens with two attached hydrogens (primary N) is 1. The van der Waals surface area contributed by atoms with Gasteiger partial charge in [0.05, 0.1) is 22.8 Å². The molecular weight excluding hydrogens is 286 g/mol. The number of pyridine rings is 1. The molecular formula is C16H18ClN3O. The monoisotopic (exact) mass is 303 g/mol. The number of nitrogens with zero attached hydrogens (tertiary/aromatic N) is 2. The maximum Gasteiger partial charge on any atom is 0.255 e. The number of hydrogen-bond donors (Lipinski definition) is 1. The molecule has 0 aliphatic rings. The highest BCUT2D eigenvalue weighted by Crippen LogP contribution is 2.22. The van der Waals surface area contributed by atoms with Crippen LogP contribution < -0.4 is 5.73 Å². The minimum absolute atomic E-state index is 0.0353. The summed E-state index contributed by atoms with van der Waals surface area (Å²) in [6.07, 6.45) is 1.72. The molecule has 0 saturated carbocycles. The highest BCUT2D eigenvalue weighted by Gasteiger charge is 2.21. The van der Waals surface area contributed by atoms with Gasteiger partial charge in [-0.05, 0) is 44.2 Å². The van der Waals surface area contributed by atoms with Crippen molar-refractivity contribution < 1.29 is 4.79 Å². The zero-order valence-electron chi connectivity index (χ0n) is 12.1. The SMILES string of the molecule is CC(C)N(Cc1ccccn1)C(=O)c1ccc(N)cc1Cl. The topological polar surface area (TPSA) is 59.2 Å². The van der Waals surface area contributed by atoms with Crippen molar-refractivity contribution in [3.05, 3.63) is 58.9 Å². The van der Waals surface area contributed by atoms with E-state index in [0.717, 1.165) is 5.69 Å². The van der Waals surface area contributed by atoms with Crippen LogP contribution in [0.2, 0.25) is 5.02 Å². The number of anilines is 1. The number of halogens is 1. The second-order valence-electron chi connectivity index (χ2n) is 5.09. The molecule has 0 atom stereocenters. The molecule has 0 aliphatic carbocycles. The van der Waals surface area contributed by atoms with Gasteiger partial charge in [0.2, 0.25) is 0 Å². The first-order valence-electron chi connectivity index (χ1n) is 6.75. The number of hydrogen-bond acceptors (Lipinski definition) is 3. The van der Waals surface area contributed by atoms with Crippen molar-refractivity contribution in [2.45, 2.75) is 26.4 Å². The predicted molar refractivity (Wildman–Crippen MR) is 85.1 cm³/mol. The van der Waals surface area contributed by atoms with Gasteiger partial charge in [0, 0.05) is 17.9 Å². The molecule has 5 heteroatoms. The van der Waals surface area contributed by atoms with Gasteiger partial charge in [-0.2, -0.15) is 0 Å². The van der Waals surface area contributed by atoms with Gasteiger partial charge in [-0.3, -0.25) is 9.78 Å². The van der Waals surface area contributed by atoms with E-state index in [1.165, 1.54) is 0 Å². The van der Waals surface area contributed by atoms with Crippen molar-refractivity contribution in [3.63, 3.8) is 0 Å². The average molecular weight is 304 g/mol. The van der Waals surface area contributed by atoms with Crippen LogP contribution in [0.4, 0.5) is 5.69 Å². The van der Waals surface area contributed by atoms with Gasteiger partial charge in [-0.15, -0.1) is 0 Å². The van der Waals surface area contributed by atoms with Gasteiger partial charge < -0.3 is 10.6 Å². The number of carbonyl (C=O) groups is 1. The lowest BCUT2D eigenvalue weighted by molar-refractivity contribution is 0.0688. The van der Waals surface area contributed by atoms with Crippen LogP contribution in [-0.4, -0.2) is 21.8 Å². The van der Waals surface area contributed by atoms with Crippen LogP contribution in [0.25, 0.3) is 0 Å². The quantitative estimate of drug-likeness (QED) is 0.881. The molecule has 1 heterocycles. The Hall–Kier alpha value is -2.07. The first kappa shape index (κ1) is 15.3. The number of benzene rings is 1. The summed E-state index contributed by atoms with van der Waals surface area (Å²) in [6, 6.07) is 10.6. The molecule has 0 radical (unpaired) electrons. The number of rotatable bonds is 4. The second-order valence-corrected chi connectivity index (χ2v) is 5.49. The molecule has 1 aromatic carbocycles. The van der Waals surface area contributed by atoms with Crippen LogP contribution in [0.3, 0.4) is 0 Å². The summed E-state index contributed by atoms with van der Waals surface area (Å²) >= 11 is 6.13. The Labute approximate surface area is 129 Å². The summed E-state index contributed by atoms with van der Waals surface area (Å²) in [5.41, 5.74) is 7.50. The molecule has 1 aromatic heterocycles. The highest BCUT2D eigenvalue weighted by atomic mass is 35.5. The van der Waals surface area contributed by atoms with Gasteiger partial charge in [0.1, 0.15) is 0 Å². The lowest BCUT2D eigenvalue weighted by Crippen LogP contribution is -2.36. The minimum atomic E-state index is -0.124. The summed E-state index contributed by atoms with van der Waals surface area (Å²) in [4.78, 5) is 18.7. The Morgan fingerprint density at radius 3 is 2.67 bits per heavy atom. The maximum absolute atomic E-state index is 12.7. The van der Waals surface area contributed by atoms with E-state index in [1.807, 2.05) is 32.0 Å². The third-order valence-corrected chi connectivity index (χ3v) is 3.48. The fraction of sp³-hybridized carbons (Fsp3) is 0.250. The van der Waals surface area contributed by atoms with Crippen molar-refractivity contribution in [2.75, 3.05) is 5.73 Å². The lowest BCUT2D eigenvalue weighted by atomic mass is 10.1. The maximum atomic E-state index is 12.7. The number of nitrogen functional groups attached to an aromatic ring is 1. The standard InChI is InChI=1S/C16H18ClN3O/c1-11(2)20(10-13-5-3-4-8-19-13)16(21)14-7-6-12(18)9-15(14)17/h3-9,11H,10,18H2,1-2H3. The van der Waals surface area contributed by atoms with E-state index in [-0.39, 0.29) is 11.9 Å². The van der Waals surface area contributed by atoms with E-state index in [4.69, 9.17) is 17.3 Å². The van der Waals surface area contributed by atoms with Crippen LogP contribution in [-0.2, 0) is 6.54 Å². The average Bonchev–Trinajstić information content (AvgIpc) is 2.45. The molecule has 2 aromatic rings. The highest BCUT2D eigenvalue weighted by molar-refractivity contribution is 6.34. The Morgan fingerprint density at radius 1 is 1.33 bits per heavy atom. The molecule has 0 unspecified atom stereocenters. The molecule has 2 N–H and O–H groups in total. The molecule has 0 spiro atoms. The van der Waals surface area contributed by atoms with Crippen LogP contribution in [0.15, 0.2) is 42.6 Å². The molecule has 0 fully saturated rings. The first-order valence-corrected chi connectivity index (χ1v) is 7.12. The summed E-state index contributed by atoms with van der Waals surface area (Å²) < 4.78 is 0. The van der Waals surface area contributed by atoms with Crippen molar-refractivity contribution in [1.82, 2.24) is 9.88 Å². The van der Waals surface area contributed by atoms with E-state index in [2.05, 4.69) is 4.98 Å². The van der Waals surface area contributed by atoms with Gasteiger partial charge in [0.25, 0.3) is 5.91 Å². The zero-order valence-corrected chi connectivity index (χ0v) is 12.8. The zero-order chi connectivity index (χ0) is 15.4. The van der Waals surface area contributed by atoms with E-state index >= 15 is 0 Å². The molecule has 1 amide bonds. The summed E-state index contributed by atoms with van der Waals surface area (Å²) in [7, 11) is 0. The largest absolute Gasteiger partial charge is 0.399 e. The van der Waals surface area contributed by atoms with Gasteiger partial charge in [-0.1, -0.05) is 17.7 Å². The van der Waals surface area contributed by atoms with Crippen molar-refractivity contribution in [1.29, 1.82) is 0 Å². The summed E-state index contributed by atoms with van der Waals surface area (Å²) in [6.45, 7) is 4.37. The molecule has 21 heavy (non-hydrogen) atoms. The van der Waals surface area contributed by atoms with Gasteiger partial charge in [0.15, 0.2) is 0 Å². The van der Waals surface area contributed by atoms with Crippen molar-refractivity contribution in [2.24, 2.45) is 0 Å². The van der Waals surface area contributed by atoms with Crippen LogP contribution in [0.5, 0.6) is 0 Å². The fourth-order valence-corrected chi connectivity index (χ4v) is 2.28. The molecule has 4 nitrogen and oxygen atoms in total. The van der Waals surface area contributed by atoms with E-state index < -0.39 is 0 Å². The van der Waals surface area contributed by atoms with Gasteiger partial charge >= 0.3 is 0 Å². The molecule has 110 valence electrons. The lowest BCUT2D eigenvalue weighted by Gasteiger charge is -2.27. The predicted octanol–water partition coefficient (Wildman–Crippen LogP) is 3.37. The second kappa shape index (κ2) is 6.59. The van der Waals surface area contributed by atoms with E-state index in [1.54, 1.807) is 29.3 Å². The van der Waals surface area contributed by atoms with Gasteiger partial charge in [-0.25, -0.2) is 0 Å². The first-order chi connectivity index (χ1) is 9.99. The summed E-state index contributed by atoms with van der Waals surface area (Å²) in [5, 5.41) is 0.367. The molecule has 0 saturated heterocycles. The van der Waals surface area contributed by atoms with Crippen molar-refractivity contribution in [3.8, 4) is 0 Å². The Morgan fingerprint density at radius 2 is 2.10 bits per heavy atom. The normalized spacial score (nSPS) is 10.7. The van der Waals surface area contributed by atoms with Crippen LogP contribution in [0.1, 0.15) is 29.9 Å². The minimum Gasteiger partial charge on any atom is -0.399 e. The van der Waals surface area contributed by atoms with Crippen molar-refractivity contribution >= 4 is 23.2 Å². The fourth-order valence-electron chi connectivity index (χ4n) is 2.01. The number of carbonyl (C=O) groups excluding carboxylic acids is 1. The third-order valence-electron chi connectivity index (χ3n) is 3.17. The Kier molecular flexibility index (Phi) is 4.81. The smallest absolute Gasteiger partial charge is 0.255 e. The Bertz CT molecular complexity index is 629. The molecule has 0 aliphatic heterocycles.